The highest BCUT2D eigenvalue weighted by Crippen LogP contribution is 2.46. The van der Waals surface area contributed by atoms with Gasteiger partial charge in [0.25, 0.3) is 5.91 Å². The van der Waals surface area contributed by atoms with E-state index in [1.54, 1.807) is 35.9 Å². The molecule has 0 radical (unpaired) electrons. The maximum Gasteiger partial charge on any atom is 0.254 e. The Labute approximate surface area is 145 Å². The molecule has 1 saturated heterocycles. The average Bonchev–Trinajstić information content (AvgIpc) is 3.15. The van der Waals surface area contributed by atoms with Gasteiger partial charge < -0.3 is 9.80 Å². The fourth-order valence-corrected chi connectivity index (χ4v) is 4.00. The zero-order valence-electron chi connectivity index (χ0n) is 14.3. The van der Waals surface area contributed by atoms with Gasteiger partial charge in [-0.3, -0.25) is 9.59 Å². The van der Waals surface area contributed by atoms with Crippen LogP contribution in [0.4, 0.5) is 10.1 Å². The van der Waals surface area contributed by atoms with Gasteiger partial charge in [-0.1, -0.05) is 24.3 Å². The summed E-state index contributed by atoms with van der Waals surface area (Å²) >= 11 is 0. The number of carbonyl (C=O) groups is 2. The maximum atomic E-state index is 13.8. The van der Waals surface area contributed by atoms with Crippen LogP contribution in [0.3, 0.4) is 0 Å². The number of para-hydroxylation sites is 1. The van der Waals surface area contributed by atoms with Crippen molar-refractivity contribution in [3.8, 4) is 0 Å². The molecule has 0 unspecified atom stereocenters. The molecule has 1 atom stereocenters. The molecule has 1 fully saturated rings. The first-order valence-electron chi connectivity index (χ1n) is 8.37. The molecule has 128 valence electrons. The van der Waals surface area contributed by atoms with E-state index in [4.69, 9.17) is 0 Å². The van der Waals surface area contributed by atoms with Gasteiger partial charge in [-0.05, 0) is 42.7 Å². The Kier molecular flexibility index (Phi) is 3.42. The molecule has 4 rings (SSSR count). The lowest BCUT2D eigenvalue weighted by atomic mass is 9.81. The third kappa shape index (κ3) is 2.18. The van der Waals surface area contributed by atoms with E-state index in [0.29, 0.717) is 30.6 Å². The third-order valence-electron chi connectivity index (χ3n) is 5.47. The minimum Gasteiger partial charge on any atom is -0.337 e. The van der Waals surface area contributed by atoms with Gasteiger partial charge in [0, 0.05) is 31.4 Å². The summed E-state index contributed by atoms with van der Waals surface area (Å²) in [5.74, 6) is -0.587. The fourth-order valence-electron chi connectivity index (χ4n) is 4.00. The van der Waals surface area contributed by atoms with E-state index >= 15 is 0 Å². The minimum absolute atomic E-state index is 0.0269. The molecule has 25 heavy (non-hydrogen) atoms. The van der Waals surface area contributed by atoms with Crippen molar-refractivity contribution in [1.82, 2.24) is 4.90 Å². The van der Waals surface area contributed by atoms with Gasteiger partial charge in [0.15, 0.2) is 0 Å². The van der Waals surface area contributed by atoms with Crippen LogP contribution >= 0.6 is 0 Å². The Morgan fingerprint density at radius 2 is 1.96 bits per heavy atom. The molecule has 2 aromatic rings. The van der Waals surface area contributed by atoms with Crippen LogP contribution in [0.2, 0.25) is 0 Å². The number of carbonyl (C=O) groups excluding carboxylic acids is 2. The number of aryl methyl sites for hydroxylation is 1. The van der Waals surface area contributed by atoms with Crippen LogP contribution in [-0.4, -0.2) is 36.9 Å². The van der Waals surface area contributed by atoms with E-state index in [1.165, 1.54) is 6.07 Å². The molecule has 0 bridgehead atoms. The fraction of sp³-hybridized carbons (Fsp3) is 0.300. The van der Waals surface area contributed by atoms with Gasteiger partial charge in [0.2, 0.25) is 5.91 Å². The van der Waals surface area contributed by atoms with Gasteiger partial charge in [0.1, 0.15) is 5.82 Å². The highest BCUT2D eigenvalue weighted by molar-refractivity contribution is 6.09. The zero-order chi connectivity index (χ0) is 17.8. The summed E-state index contributed by atoms with van der Waals surface area (Å²) in [6.45, 7) is 2.49. The van der Waals surface area contributed by atoms with E-state index < -0.39 is 5.41 Å². The lowest BCUT2D eigenvalue weighted by Gasteiger charge is -2.23. The summed E-state index contributed by atoms with van der Waals surface area (Å²) in [4.78, 5) is 29.0. The molecule has 2 heterocycles. The van der Waals surface area contributed by atoms with Crippen molar-refractivity contribution in [2.75, 3.05) is 25.0 Å². The second-order valence-electron chi connectivity index (χ2n) is 6.90. The van der Waals surface area contributed by atoms with E-state index in [0.717, 1.165) is 11.3 Å². The van der Waals surface area contributed by atoms with Gasteiger partial charge in [-0.25, -0.2) is 4.39 Å². The Hall–Kier alpha value is -2.69. The van der Waals surface area contributed by atoms with Crippen LogP contribution in [0, 0.1) is 12.7 Å². The SMILES string of the molecule is Cc1ccc(C(=O)N2CC[C@]3(C2)C(=O)N(C)c2ccccc23)cc1F. The average molecular weight is 338 g/mol. The minimum atomic E-state index is -0.676. The number of likely N-dealkylation sites (N-methyl/N-ethyl adjacent to an activating group) is 1. The normalized spacial score (nSPS) is 22.0. The number of fused-ring (bicyclic) bond motifs is 2. The highest BCUT2D eigenvalue weighted by Gasteiger charge is 2.54. The van der Waals surface area contributed by atoms with Crippen molar-refractivity contribution in [3.63, 3.8) is 0 Å². The van der Waals surface area contributed by atoms with Crippen LogP contribution in [0.5, 0.6) is 0 Å². The van der Waals surface area contributed by atoms with E-state index in [1.807, 2.05) is 24.3 Å². The highest BCUT2D eigenvalue weighted by atomic mass is 19.1. The molecule has 5 heteroatoms. The quantitative estimate of drug-likeness (QED) is 0.802. The molecule has 2 aliphatic rings. The lowest BCUT2D eigenvalue weighted by molar-refractivity contribution is -0.122. The number of nitrogens with zero attached hydrogens (tertiary/aromatic N) is 2. The number of likely N-dealkylation sites (tertiary alicyclic amines) is 1. The van der Waals surface area contributed by atoms with Crippen molar-refractivity contribution < 1.29 is 14.0 Å². The first kappa shape index (κ1) is 15.8. The van der Waals surface area contributed by atoms with E-state index in [2.05, 4.69) is 0 Å². The molecule has 1 spiro atoms. The number of hydrogen-bond donors (Lipinski definition) is 0. The molecule has 2 aromatic carbocycles. The number of benzene rings is 2. The van der Waals surface area contributed by atoms with E-state index in [9.17, 15) is 14.0 Å². The van der Waals surface area contributed by atoms with Gasteiger partial charge in [-0.15, -0.1) is 0 Å². The lowest BCUT2D eigenvalue weighted by Crippen LogP contribution is -2.42. The number of halogens is 1. The Bertz CT molecular complexity index is 895. The summed E-state index contributed by atoms with van der Waals surface area (Å²) in [5.41, 5.74) is 2.05. The van der Waals surface area contributed by atoms with Crippen LogP contribution in [-0.2, 0) is 10.2 Å². The molecule has 0 aliphatic carbocycles. The number of anilines is 1. The van der Waals surface area contributed by atoms with E-state index in [-0.39, 0.29) is 17.6 Å². The van der Waals surface area contributed by atoms with Crippen molar-refractivity contribution in [1.29, 1.82) is 0 Å². The van der Waals surface area contributed by atoms with Crippen molar-refractivity contribution >= 4 is 17.5 Å². The second kappa shape index (κ2) is 5.41. The molecule has 0 aromatic heterocycles. The van der Waals surface area contributed by atoms with Crippen LogP contribution < -0.4 is 4.90 Å². The molecule has 0 saturated carbocycles. The molecule has 2 aliphatic heterocycles. The number of hydrogen-bond acceptors (Lipinski definition) is 2. The number of rotatable bonds is 1. The van der Waals surface area contributed by atoms with Crippen LogP contribution in [0.15, 0.2) is 42.5 Å². The summed E-state index contributed by atoms with van der Waals surface area (Å²) in [6.07, 6.45) is 0.591. The Balaban J connectivity index is 1.66. The molecule has 4 nitrogen and oxygen atoms in total. The first-order valence-corrected chi connectivity index (χ1v) is 8.37. The van der Waals surface area contributed by atoms with Gasteiger partial charge in [-0.2, -0.15) is 0 Å². The van der Waals surface area contributed by atoms with Crippen LogP contribution in [0.1, 0.15) is 27.9 Å². The predicted molar refractivity (Wildman–Crippen MR) is 93.2 cm³/mol. The van der Waals surface area contributed by atoms with Crippen molar-refractivity contribution in [2.24, 2.45) is 0 Å². The summed E-state index contributed by atoms with van der Waals surface area (Å²) < 4.78 is 13.8. The van der Waals surface area contributed by atoms with Gasteiger partial charge >= 0.3 is 0 Å². The largest absolute Gasteiger partial charge is 0.337 e. The molecule has 0 N–H and O–H groups in total. The van der Waals surface area contributed by atoms with Crippen LogP contribution in [0.25, 0.3) is 0 Å². The smallest absolute Gasteiger partial charge is 0.254 e. The standard InChI is InChI=1S/C20H19FN2O2/c1-13-7-8-14(11-16(13)21)18(24)23-10-9-20(12-23)15-5-3-4-6-17(15)22(2)19(20)25/h3-8,11H,9-10,12H2,1-2H3/t20-/m1/s1. The van der Waals surface area contributed by atoms with Crippen molar-refractivity contribution in [2.45, 2.75) is 18.8 Å². The molecular weight excluding hydrogens is 319 g/mol. The summed E-state index contributed by atoms with van der Waals surface area (Å²) in [7, 11) is 1.77. The third-order valence-corrected chi connectivity index (χ3v) is 5.47. The Morgan fingerprint density at radius 3 is 2.72 bits per heavy atom. The monoisotopic (exact) mass is 338 g/mol. The summed E-state index contributed by atoms with van der Waals surface area (Å²) in [5, 5.41) is 0. The zero-order valence-corrected chi connectivity index (χ0v) is 14.3. The predicted octanol–water partition coefficient (Wildman–Crippen LogP) is 2.89. The molecule has 2 amide bonds. The Morgan fingerprint density at radius 1 is 1.20 bits per heavy atom. The topological polar surface area (TPSA) is 40.6 Å². The summed E-state index contributed by atoms with van der Waals surface area (Å²) in [6, 6.07) is 12.3. The second-order valence-corrected chi connectivity index (χ2v) is 6.90. The van der Waals surface area contributed by atoms with Gasteiger partial charge in [0.05, 0.1) is 5.41 Å². The maximum absolute atomic E-state index is 13.8. The molecular formula is C20H19FN2O2. The van der Waals surface area contributed by atoms with Crippen molar-refractivity contribution in [3.05, 3.63) is 65.0 Å². The first-order chi connectivity index (χ1) is 11.9. The number of amides is 2.